The van der Waals surface area contributed by atoms with E-state index in [0.29, 0.717) is 23.6 Å². The number of hydrogen-bond acceptors (Lipinski definition) is 8. The lowest BCUT2D eigenvalue weighted by Gasteiger charge is -2.40. The number of benzene rings is 2. The zero-order valence-corrected chi connectivity index (χ0v) is 19.6. The van der Waals surface area contributed by atoms with Crippen molar-refractivity contribution in [2.24, 2.45) is 0 Å². The highest BCUT2D eigenvalue weighted by atomic mass is 35.5. The van der Waals surface area contributed by atoms with Crippen LogP contribution in [0.2, 0.25) is 5.02 Å². The van der Waals surface area contributed by atoms with Gasteiger partial charge in [0, 0.05) is 18.4 Å². The van der Waals surface area contributed by atoms with Gasteiger partial charge in [-0.1, -0.05) is 35.9 Å². The van der Waals surface area contributed by atoms with Crippen LogP contribution in [-0.2, 0) is 25.4 Å². The molecule has 0 aromatic heterocycles. The fourth-order valence-corrected chi connectivity index (χ4v) is 4.36. The third kappa shape index (κ3) is 5.89. The van der Waals surface area contributed by atoms with Gasteiger partial charge in [-0.05, 0) is 41.3 Å². The molecule has 0 bridgehead atoms. The largest absolute Gasteiger partial charge is 0.488 e. The lowest BCUT2D eigenvalue weighted by atomic mass is 9.90. The number of carbonyl (C=O) groups is 1. The highest BCUT2D eigenvalue weighted by molar-refractivity contribution is 6.31. The minimum Gasteiger partial charge on any atom is -0.488 e. The normalized spacial score (nSPS) is 29.1. The van der Waals surface area contributed by atoms with Gasteiger partial charge in [0.2, 0.25) is 0 Å². The topological polar surface area (TPSA) is 115 Å². The summed E-state index contributed by atoms with van der Waals surface area (Å²) in [6.07, 6.45) is -4.64. The van der Waals surface area contributed by atoms with Crippen LogP contribution in [0.3, 0.4) is 0 Å². The van der Waals surface area contributed by atoms with Gasteiger partial charge in [0.15, 0.2) is 0 Å². The number of aliphatic hydroxyl groups excluding tert-OH is 3. The van der Waals surface area contributed by atoms with Gasteiger partial charge in [0.25, 0.3) is 0 Å². The van der Waals surface area contributed by atoms with E-state index >= 15 is 0 Å². The van der Waals surface area contributed by atoms with Crippen LogP contribution >= 0.6 is 11.6 Å². The van der Waals surface area contributed by atoms with E-state index in [-0.39, 0.29) is 12.7 Å². The molecule has 184 valence electrons. The first kappa shape index (κ1) is 24.9. The molecular weight excluding hydrogens is 464 g/mol. The molecule has 0 saturated carbocycles. The second-order valence-electron chi connectivity index (χ2n) is 8.64. The number of carbonyl (C=O) groups excluding carboxylic acids is 1. The van der Waals surface area contributed by atoms with Gasteiger partial charge < -0.3 is 34.3 Å². The molecule has 0 spiro atoms. The molecule has 2 aliphatic rings. The van der Waals surface area contributed by atoms with Crippen LogP contribution in [0.4, 0.5) is 0 Å². The minimum absolute atomic E-state index is 0.0810. The summed E-state index contributed by atoms with van der Waals surface area (Å²) in [7, 11) is 0. The van der Waals surface area contributed by atoms with Gasteiger partial charge >= 0.3 is 5.97 Å². The summed E-state index contributed by atoms with van der Waals surface area (Å²) in [5, 5.41) is 31.7. The Kier molecular flexibility index (Phi) is 8.08. The fraction of sp³-hybridized carbons (Fsp3) is 0.480. The summed E-state index contributed by atoms with van der Waals surface area (Å²) >= 11 is 6.44. The molecule has 2 heterocycles. The maximum atomic E-state index is 11.2. The number of esters is 1. The van der Waals surface area contributed by atoms with E-state index in [1.54, 1.807) is 12.1 Å². The van der Waals surface area contributed by atoms with E-state index in [1.165, 1.54) is 6.92 Å². The van der Waals surface area contributed by atoms with Crippen LogP contribution in [0.15, 0.2) is 42.5 Å². The standard InChI is InChI=1S/C25H29ClO8/c1-14(27)32-13-21-22(28)23(29)24(30)25(34-21)16-4-7-20(26)17(11-16)10-15-2-5-18(6-3-15)33-19-8-9-31-12-19/h2-7,11,19,21-25,28-30H,8-10,12-13H2,1H3/t19-,21+,22-,23-,24-,25-/m0/s1. The zero-order valence-electron chi connectivity index (χ0n) is 18.8. The number of hydrogen-bond donors (Lipinski definition) is 3. The molecule has 4 rings (SSSR count). The summed E-state index contributed by atoms with van der Waals surface area (Å²) in [5.41, 5.74) is 2.42. The third-order valence-electron chi connectivity index (χ3n) is 6.07. The Hall–Kier alpha value is -2.20. The Morgan fingerprint density at radius 2 is 1.85 bits per heavy atom. The second kappa shape index (κ2) is 11.0. The Balaban J connectivity index is 1.48. The van der Waals surface area contributed by atoms with Crippen molar-refractivity contribution in [2.75, 3.05) is 19.8 Å². The average Bonchev–Trinajstić information content (AvgIpc) is 3.33. The molecule has 6 atom stereocenters. The molecule has 2 aliphatic heterocycles. The van der Waals surface area contributed by atoms with E-state index in [1.807, 2.05) is 30.3 Å². The number of ether oxygens (including phenoxy) is 4. The van der Waals surface area contributed by atoms with Crippen molar-refractivity contribution >= 4 is 17.6 Å². The molecule has 0 unspecified atom stereocenters. The molecule has 2 saturated heterocycles. The smallest absolute Gasteiger partial charge is 0.302 e. The van der Waals surface area contributed by atoms with Crippen LogP contribution in [0, 0.1) is 0 Å². The lowest BCUT2D eigenvalue weighted by Crippen LogP contribution is -2.55. The fourth-order valence-electron chi connectivity index (χ4n) is 4.17. The molecule has 0 radical (unpaired) electrons. The molecular formula is C25H29ClO8. The van der Waals surface area contributed by atoms with Crippen LogP contribution in [-0.4, -0.2) is 71.6 Å². The van der Waals surface area contributed by atoms with Gasteiger partial charge in [-0.2, -0.15) is 0 Å². The van der Waals surface area contributed by atoms with Crippen molar-refractivity contribution in [1.29, 1.82) is 0 Å². The minimum atomic E-state index is -1.46. The predicted octanol–water partition coefficient (Wildman–Crippen LogP) is 2.18. The SMILES string of the molecule is CC(=O)OC[C@H]1O[C@@H](c2ccc(Cl)c(Cc3ccc(O[C@H]4CCOC4)cc3)c2)[C@@H](O)[C@@H](O)[C@H]1O. The maximum Gasteiger partial charge on any atom is 0.302 e. The predicted molar refractivity (Wildman–Crippen MR) is 123 cm³/mol. The third-order valence-corrected chi connectivity index (χ3v) is 6.44. The van der Waals surface area contributed by atoms with Crippen molar-refractivity contribution in [3.05, 3.63) is 64.2 Å². The maximum absolute atomic E-state index is 11.2. The first-order valence-electron chi connectivity index (χ1n) is 11.3. The number of aliphatic hydroxyl groups is 3. The molecule has 9 heteroatoms. The van der Waals surface area contributed by atoms with E-state index in [2.05, 4.69) is 0 Å². The van der Waals surface area contributed by atoms with Gasteiger partial charge in [0.05, 0.1) is 13.2 Å². The van der Waals surface area contributed by atoms with E-state index < -0.39 is 36.5 Å². The molecule has 8 nitrogen and oxygen atoms in total. The van der Waals surface area contributed by atoms with Crippen LogP contribution in [0.25, 0.3) is 0 Å². The van der Waals surface area contributed by atoms with Crippen LogP contribution in [0.5, 0.6) is 5.75 Å². The molecule has 2 aromatic carbocycles. The van der Waals surface area contributed by atoms with Crippen LogP contribution < -0.4 is 4.74 Å². The summed E-state index contributed by atoms with van der Waals surface area (Å²) in [5.74, 6) is 0.249. The molecule has 3 N–H and O–H groups in total. The van der Waals surface area contributed by atoms with E-state index in [4.69, 9.17) is 30.5 Å². The lowest BCUT2D eigenvalue weighted by molar-refractivity contribution is -0.234. The number of halogens is 1. The quantitative estimate of drug-likeness (QED) is 0.504. The van der Waals surface area contributed by atoms with Gasteiger partial charge in [0.1, 0.15) is 49.0 Å². The summed E-state index contributed by atoms with van der Waals surface area (Å²) in [6, 6.07) is 13.0. The van der Waals surface area contributed by atoms with Gasteiger partial charge in [-0.3, -0.25) is 4.79 Å². The highest BCUT2D eigenvalue weighted by Gasteiger charge is 2.44. The Morgan fingerprint density at radius 1 is 1.09 bits per heavy atom. The molecule has 2 fully saturated rings. The Bertz CT molecular complexity index is 975. The van der Waals surface area contributed by atoms with Crippen molar-refractivity contribution in [3.8, 4) is 5.75 Å². The van der Waals surface area contributed by atoms with Crippen molar-refractivity contribution in [3.63, 3.8) is 0 Å². The summed E-state index contributed by atoms with van der Waals surface area (Å²) in [4.78, 5) is 11.2. The average molecular weight is 493 g/mol. The molecule has 34 heavy (non-hydrogen) atoms. The molecule has 0 aliphatic carbocycles. The van der Waals surface area contributed by atoms with Crippen molar-refractivity contribution in [1.82, 2.24) is 0 Å². The van der Waals surface area contributed by atoms with E-state index in [9.17, 15) is 20.1 Å². The Morgan fingerprint density at radius 3 is 2.53 bits per heavy atom. The van der Waals surface area contributed by atoms with E-state index in [0.717, 1.165) is 29.9 Å². The molecule has 0 amide bonds. The van der Waals surface area contributed by atoms with Gasteiger partial charge in [-0.15, -0.1) is 0 Å². The van der Waals surface area contributed by atoms with Gasteiger partial charge in [-0.25, -0.2) is 0 Å². The first-order valence-corrected chi connectivity index (χ1v) is 11.6. The van der Waals surface area contributed by atoms with Crippen molar-refractivity contribution in [2.45, 2.75) is 56.4 Å². The van der Waals surface area contributed by atoms with Crippen LogP contribution in [0.1, 0.15) is 36.1 Å². The molecule has 2 aromatic rings. The summed E-state index contributed by atoms with van der Waals surface area (Å²) in [6.45, 7) is 2.33. The zero-order chi connectivity index (χ0) is 24.2. The second-order valence-corrected chi connectivity index (χ2v) is 9.05. The first-order chi connectivity index (χ1) is 16.3. The summed E-state index contributed by atoms with van der Waals surface area (Å²) < 4.78 is 22.0. The number of rotatable bonds is 7. The van der Waals surface area contributed by atoms with Crippen molar-refractivity contribution < 1.29 is 39.1 Å². The monoisotopic (exact) mass is 492 g/mol. The highest BCUT2D eigenvalue weighted by Crippen LogP contribution is 2.34. The Labute approximate surface area is 203 Å².